The van der Waals surface area contributed by atoms with E-state index >= 15 is 0 Å². The number of hydrogen-bond donors (Lipinski definition) is 1. The van der Waals surface area contributed by atoms with Gasteiger partial charge in [-0.05, 0) is 164 Å². The summed E-state index contributed by atoms with van der Waals surface area (Å²) in [6, 6.07) is 18.1. The van der Waals surface area contributed by atoms with Crippen LogP contribution in [0.3, 0.4) is 0 Å². The number of hydrogen-bond acceptors (Lipinski definition) is 5. The molecule has 1 aliphatic rings. The van der Waals surface area contributed by atoms with Gasteiger partial charge in [0.1, 0.15) is 5.75 Å². The maximum Gasteiger partial charge on any atom is 0.122 e. The Balaban J connectivity index is 0.00000123. The summed E-state index contributed by atoms with van der Waals surface area (Å²) < 4.78 is 5.84. The summed E-state index contributed by atoms with van der Waals surface area (Å²) in [4.78, 5) is 7.44. The van der Waals surface area contributed by atoms with Gasteiger partial charge in [-0.3, -0.25) is 4.90 Å². The van der Waals surface area contributed by atoms with Crippen molar-refractivity contribution in [2.75, 3.05) is 52.7 Å². The number of nitrogens with one attached hydrogen (secondary N) is 1. The molecule has 0 aromatic heterocycles. The summed E-state index contributed by atoms with van der Waals surface area (Å²) in [7, 11) is 6.31. The van der Waals surface area contributed by atoms with Gasteiger partial charge in [-0.25, -0.2) is 0 Å². The average Bonchev–Trinajstić information content (AvgIpc) is 3.37. The Hall–Kier alpha value is -5.02. The molecule has 5 heteroatoms. The fraction of sp³-hybridized carbons (Fsp3) is 0.508. The molecule has 0 radical (unpaired) electrons. The molecule has 1 saturated heterocycles. The quantitative estimate of drug-likeness (QED) is 0.0467. The van der Waals surface area contributed by atoms with Crippen LogP contribution in [0.2, 0.25) is 0 Å². The normalized spacial score (nSPS) is 12.8. The van der Waals surface area contributed by atoms with Crippen molar-refractivity contribution in [3.05, 3.63) is 150 Å². The third-order valence-electron chi connectivity index (χ3n) is 12.9. The average molecular weight is 956 g/mol. The third-order valence-corrected chi connectivity index (χ3v) is 12.9. The predicted molar refractivity (Wildman–Crippen MR) is 317 cm³/mol. The fourth-order valence-electron chi connectivity index (χ4n) is 9.13. The molecule has 2 atom stereocenters. The molecule has 1 fully saturated rings. The zero-order valence-electron chi connectivity index (χ0n) is 47.3. The standard InChI is InChI=1S/C33H52N2.C25H34N2O.C3H4.2C2H6/c1-8-11-12-13-14-15-16-21-35-22-19-30(20-23-35)32-25-28(6)24-29(9-2)33(32)26-34(7)31(10-3)18-17-27(4)5;1-8-12-23(21-16-15-18(4)24(17-21)28-10-3)27(7)19(5)25-20(9-2)13-11-14-22(25)26-6;1-3-2;2*1-2/h8-10,24-25,30-31H,1-4,11-23,26H2,5-7H3;9,11,13-17,23,26H,2,5,8,10,12H2,1,3-4,6-7H3;1H,2H3;2*1-2H3. The fourth-order valence-corrected chi connectivity index (χ4v) is 9.13. The minimum Gasteiger partial charge on any atom is -0.494 e. The van der Waals surface area contributed by atoms with Crippen LogP contribution < -0.4 is 10.1 Å². The van der Waals surface area contributed by atoms with E-state index < -0.39 is 0 Å². The molecular formula is C65H102N4O. The molecule has 1 heterocycles. The monoisotopic (exact) mass is 955 g/mol. The second kappa shape index (κ2) is 38.7. The number of nitrogens with zero attached hydrogens (tertiary/aromatic N) is 3. The van der Waals surface area contributed by atoms with Crippen LogP contribution in [0, 0.1) is 26.2 Å². The van der Waals surface area contributed by atoms with Crippen molar-refractivity contribution in [1.29, 1.82) is 0 Å². The molecule has 4 rings (SSSR count). The molecular weight excluding hydrogens is 853 g/mol. The number of likely N-dealkylation sites (N-methyl/N-ethyl adjacent to an activating group) is 1. The van der Waals surface area contributed by atoms with Gasteiger partial charge in [0.25, 0.3) is 0 Å². The van der Waals surface area contributed by atoms with Crippen molar-refractivity contribution >= 4 is 23.5 Å². The zero-order valence-corrected chi connectivity index (χ0v) is 47.3. The Morgan fingerprint density at radius 1 is 0.886 bits per heavy atom. The predicted octanol–water partition coefficient (Wildman–Crippen LogP) is 17.9. The molecule has 3 aromatic rings. The number of anilines is 1. The summed E-state index contributed by atoms with van der Waals surface area (Å²) in [6.07, 6.45) is 27.3. The molecule has 0 spiro atoms. The Morgan fingerprint density at radius 2 is 1.51 bits per heavy atom. The van der Waals surface area contributed by atoms with Crippen molar-refractivity contribution in [1.82, 2.24) is 14.7 Å². The Morgan fingerprint density at radius 3 is 2.07 bits per heavy atom. The summed E-state index contributed by atoms with van der Waals surface area (Å²) in [5.74, 6) is 3.85. The van der Waals surface area contributed by atoms with Crippen molar-refractivity contribution in [2.45, 2.75) is 171 Å². The summed E-state index contributed by atoms with van der Waals surface area (Å²) in [6.45, 7) is 50.3. The first-order chi connectivity index (χ1) is 33.8. The van der Waals surface area contributed by atoms with Crippen LogP contribution in [0.1, 0.15) is 189 Å². The van der Waals surface area contributed by atoms with E-state index in [2.05, 4.69) is 168 Å². The third kappa shape index (κ3) is 22.4. The molecule has 3 aromatic carbocycles. The van der Waals surface area contributed by atoms with E-state index in [0.29, 0.717) is 18.6 Å². The molecule has 1 aliphatic heterocycles. The van der Waals surface area contributed by atoms with Crippen molar-refractivity contribution in [3.8, 4) is 18.1 Å². The maximum atomic E-state index is 5.84. The van der Waals surface area contributed by atoms with E-state index in [1.54, 1.807) is 12.5 Å². The highest BCUT2D eigenvalue weighted by molar-refractivity contribution is 5.81. The topological polar surface area (TPSA) is 31.0 Å². The summed E-state index contributed by atoms with van der Waals surface area (Å²) >= 11 is 0. The first kappa shape index (κ1) is 65.0. The van der Waals surface area contributed by atoms with Gasteiger partial charge in [-0.1, -0.05) is 152 Å². The van der Waals surface area contributed by atoms with Crippen LogP contribution in [0.4, 0.5) is 5.69 Å². The molecule has 0 amide bonds. The second-order valence-electron chi connectivity index (χ2n) is 18.1. The number of aryl methyl sites for hydroxylation is 2. The molecule has 388 valence electrons. The van der Waals surface area contributed by atoms with Crippen LogP contribution in [0.25, 0.3) is 17.8 Å². The lowest BCUT2D eigenvalue weighted by molar-refractivity contribution is 0.206. The molecule has 5 nitrogen and oxygen atoms in total. The lowest BCUT2D eigenvalue weighted by Gasteiger charge is -2.35. The van der Waals surface area contributed by atoms with E-state index in [-0.39, 0.29) is 6.04 Å². The van der Waals surface area contributed by atoms with Gasteiger partial charge >= 0.3 is 0 Å². The number of likely N-dealkylation sites (tertiary alicyclic amines) is 1. The molecule has 0 bridgehead atoms. The van der Waals surface area contributed by atoms with Gasteiger partial charge in [0.05, 0.1) is 12.6 Å². The van der Waals surface area contributed by atoms with Crippen LogP contribution >= 0.6 is 0 Å². The number of rotatable bonds is 27. The van der Waals surface area contributed by atoms with Crippen LogP contribution in [0.5, 0.6) is 5.75 Å². The lowest BCUT2D eigenvalue weighted by Crippen LogP contribution is -2.34. The smallest absolute Gasteiger partial charge is 0.122 e. The van der Waals surface area contributed by atoms with E-state index in [1.807, 2.05) is 59.9 Å². The SMILES string of the molecule is C#CC.C=CCCCCCCCN1CCC(c2cc(C)cc(C=C)c2CN(C)C(C=C)CCC(=C)C)CC1.C=Cc1cccc(NC)c1C(=C)N(C)C(CCC)c1ccc(C)c(OCC)c1.CC.CC. The summed E-state index contributed by atoms with van der Waals surface area (Å²) in [5, 5.41) is 3.29. The molecule has 2 unspecified atom stereocenters. The van der Waals surface area contributed by atoms with Gasteiger partial charge in [-0.2, -0.15) is 0 Å². The number of benzene rings is 3. The minimum atomic E-state index is 0.222. The zero-order chi connectivity index (χ0) is 53.0. The molecule has 1 N–H and O–H groups in total. The van der Waals surface area contributed by atoms with Crippen LogP contribution in [-0.4, -0.2) is 68.1 Å². The van der Waals surface area contributed by atoms with Gasteiger partial charge in [0.2, 0.25) is 0 Å². The lowest BCUT2D eigenvalue weighted by atomic mass is 9.83. The van der Waals surface area contributed by atoms with Crippen LogP contribution in [0.15, 0.2) is 106 Å². The van der Waals surface area contributed by atoms with E-state index in [4.69, 9.17) is 4.74 Å². The Bertz CT molecular complexity index is 2010. The largest absolute Gasteiger partial charge is 0.494 e. The van der Waals surface area contributed by atoms with E-state index in [0.717, 1.165) is 66.1 Å². The Kier molecular flexibility index (Phi) is 35.9. The molecule has 0 aliphatic carbocycles. The molecule has 0 saturated carbocycles. The molecule has 70 heavy (non-hydrogen) atoms. The van der Waals surface area contributed by atoms with E-state index in [1.165, 1.54) is 98.8 Å². The van der Waals surface area contributed by atoms with Gasteiger partial charge in [-0.15, -0.1) is 32.1 Å². The van der Waals surface area contributed by atoms with Crippen LogP contribution in [-0.2, 0) is 6.54 Å². The van der Waals surface area contributed by atoms with E-state index in [9.17, 15) is 0 Å². The number of terminal acetylenes is 1. The van der Waals surface area contributed by atoms with Gasteiger partial charge in [0.15, 0.2) is 0 Å². The number of allylic oxidation sites excluding steroid dienone is 2. The first-order valence-electron chi connectivity index (χ1n) is 26.8. The Labute approximate surface area is 433 Å². The number of ether oxygens (including phenoxy) is 1. The number of piperidine rings is 1. The van der Waals surface area contributed by atoms with Crippen molar-refractivity contribution < 1.29 is 4.74 Å². The highest BCUT2D eigenvalue weighted by Crippen LogP contribution is 2.38. The second-order valence-corrected chi connectivity index (χ2v) is 18.1. The highest BCUT2D eigenvalue weighted by Gasteiger charge is 2.26. The van der Waals surface area contributed by atoms with Gasteiger partial charge in [0, 0.05) is 43.6 Å². The summed E-state index contributed by atoms with van der Waals surface area (Å²) in [5.41, 5.74) is 13.5. The minimum absolute atomic E-state index is 0.222. The number of unbranched alkanes of at least 4 members (excludes halogenated alkanes) is 5. The first-order valence-corrected chi connectivity index (χ1v) is 26.8. The highest BCUT2D eigenvalue weighted by atomic mass is 16.5. The van der Waals surface area contributed by atoms with Crippen molar-refractivity contribution in [2.24, 2.45) is 0 Å². The van der Waals surface area contributed by atoms with Gasteiger partial charge < -0.3 is 19.9 Å². The van der Waals surface area contributed by atoms with Crippen molar-refractivity contribution in [3.63, 3.8) is 0 Å². The maximum absolute atomic E-state index is 5.84.